The number of aryl methyl sites for hydroxylation is 1. The van der Waals surface area contributed by atoms with Gasteiger partial charge in [0.1, 0.15) is 0 Å². The predicted molar refractivity (Wildman–Crippen MR) is 101 cm³/mol. The van der Waals surface area contributed by atoms with Gasteiger partial charge in [-0.1, -0.05) is 22.0 Å². The number of halogens is 1. The zero-order valence-electron chi connectivity index (χ0n) is 14.1. The van der Waals surface area contributed by atoms with Crippen LogP contribution in [0.5, 0.6) is 0 Å². The van der Waals surface area contributed by atoms with Crippen molar-refractivity contribution in [2.45, 2.75) is 25.3 Å². The molecule has 0 saturated carbocycles. The van der Waals surface area contributed by atoms with Crippen molar-refractivity contribution in [2.75, 3.05) is 6.54 Å². The Labute approximate surface area is 160 Å². The monoisotopic (exact) mass is 411 g/mol. The summed E-state index contributed by atoms with van der Waals surface area (Å²) in [6.45, 7) is -0.0847. The number of hydrogen-bond donors (Lipinski definition) is 2. The first kappa shape index (κ1) is 18.2. The molecular formula is C20H18BrN3O2. The molecule has 3 rings (SSSR count). The van der Waals surface area contributed by atoms with Crippen molar-refractivity contribution < 1.29 is 9.59 Å². The fraction of sp³-hybridized carbons (Fsp3) is 0.250. The van der Waals surface area contributed by atoms with E-state index < -0.39 is 0 Å². The van der Waals surface area contributed by atoms with E-state index in [1.165, 1.54) is 5.56 Å². The second kappa shape index (κ2) is 8.15. The average molecular weight is 412 g/mol. The Morgan fingerprint density at radius 1 is 1.19 bits per heavy atom. The molecule has 1 aliphatic rings. The summed E-state index contributed by atoms with van der Waals surface area (Å²) in [5.74, 6) is -0.554. The van der Waals surface area contributed by atoms with Gasteiger partial charge in [0.25, 0.3) is 5.91 Å². The van der Waals surface area contributed by atoms with E-state index in [1.54, 1.807) is 24.3 Å². The van der Waals surface area contributed by atoms with Gasteiger partial charge in [0.2, 0.25) is 5.91 Å². The fourth-order valence-electron chi connectivity index (χ4n) is 3.12. The maximum Gasteiger partial charge on any atom is 0.251 e. The molecular weight excluding hydrogens is 394 g/mol. The van der Waals surface area contributed by atoms with Crippen molar-refractivity contribution in [3.63, 3.8) is 0 Å². The van der Waals surface area contributed by atoms with Crippen LogP contribution in [0.25, 0.3) is 0 Å². The van der Waals surface area contributed by atoms with Crippen molar-refractivity contribution in [3.05, 3.63) is 69.2 Å². The van der Waals surface area contributed by atoms with Gasteiger partial charge in [-0.2, -0.15) is 5.26 Å². The number of nitrogens with zero attached hydrogens (tertiary/aromatic N) is 1. The number of rotatable bonds is 4. The predicted octanol–water partition coefficient (Wildman–Crippen LogP) is 3.24. The minimum absolute atomic E-state index is 0.0319. The molecule has 1 unspecified atom stereocenters. The average Bonchev–Trinajstić information content (AvgIpc) is 2.66. The van der Waals surface area contributed by atoms with Crippen LogP contribution >= 0.6 is 15.9 Å². The second-order valence-electron chi connectivity index (χ2n) is 6.23. The maximum atomic E-state index is 12.3. The molecule has 0 heterocycles. The Kier molecular flexibility index (Phi) is 5.69. The van der Waals surface area contributed by atoms with Crippen LogP contribution in [-0.4, -0.2) is 18.4 Å². The Hall–Kier alpha value is -2.65. The number of amides is 2. The van der Waals surface area contributed by atoms with E-state index in [2.05, 4.69) is 38.7 Å². The van der Waals surface area contributed by atoms with Crippen molar-refractivity contribution in [1.82, 2.24) is 10.6 Å². The van der Waals surface area contributed by atoms with Gasteiger partial charge in [-0.3, -0.25) is 9.59 Å². The van der Waals surface area contributed by atoms with E-state index in [1.807, 2.05) is 12.1 Å². The van der Waals surface area contributed by atoms with Gasteiger partial charge < -0.3 is 10.6 Å². The summed E-state index contributed by atoms with van der Waals surface area (Å²) in [4.78, 5) is 24.4. The largest absolute Gasteiger partial charge is 0.348 e. The van der Waals surface area contributed by atoms with E-state index in [4.69, 9.17) is 5.26 Å². The van der Waals surface area contributed by atoms with Crippen LogP contribution in [0.4, 0.5) is 0 Å². The molecule has 0 spiro atoms. The van der Waals surface area contributed by atoms with Crippen LogP contribution in [0.3, 0.4) is 0 Å². The van der Waals surface area contributed by atoms with Gasteiger partial charge >= 0.3 is 0 Å². The Morgan fingerprint density at radius 3 is 2.69 bits per heavy atom. The van der Waals surface area contributed by atoms with Crippen LogP contribution < -0.4 is 10.6 Å². The molecule has 1 atom stereocenters. The molecule has 2 aromatic rings. The number of carbonyl (C=O) groups is 2. The highest BCUT2D eigenvalue weighted by molar-refractivity contribution is 9.10. The Bertz CT molecular complexity index is 872. The summed E-state index contributed by atoms with van der Waals surface area (Å²) in [6.07, 6.45) is 2.93. The van der Waals surface area contributed by atoms with Crippen molar-refractivity contribution in [3.8, 4) is 6.07 Å². The van der Waals surface area contributed by atoms with Gasteiger partial charge in [-0.15, -0.1) is 0 Å². The lowest BCUT2D eigenvalue weighted by Gasteiger charge is -2.26. The van der Waals surface area contributed by atoms with E-state index in [0.29, 0.717) is 11.1 Å². The summed E-state index contributed by atoms with van der Waals surface area (Å²) < 4.78 is 0.992. The highest BCUT2D eigenvalue weighted by atomic mass is 79.9. The highest BCUT2D eigenvalue weighted by Crippen LogP contribution is 2.31. The van der Waals surface area contributed by atoms with E-state index in [9.17, 15) is 9.59 Å². The summed E-state index contributed by atoms with van der Waals surface area (Å²) >= 11 is 3.48. The smallest absolute Gasteiger partial charge is 0.251 e. The number of benzene rings is 2. The molecule has 2 amide bonds. The third-order valence-corrected chi connectivity index (χ3v) is 4.94. The third-order valence-electron chi connectivity index (χ3n) is 4.44. The lowest BCUT2D eigenvalue weighted by molar-refractivity contribution is -0.121. The van der Waals surface area contributed by atoms with Crippen LogP contribution in [0.1, 0.15) is 45.9 Å². The molecule has 5 nitrogen and oxygen atoms in total. The third kappa shape index (κ3) is 4.30. The van der Waals surface area contributed by atoms with Gasteiger partial charge in [0.15, 0.2) is 0 Å². The molecule has 2 N–H and O–H groups in total. The lowest BCUT2D eigenvalue weighted by atomic mass is 9.88. The first-order chi connectivity index (χ1) is 12.6. The minimum Gasteiger partial charge on any atom is -0.348 e. The first-order valence-corrected chi connectivity index (χ1v) is 9.22. The normalized spacial score (nSPS) is 15.5. The van der Waals surface area contributed by atoms with Crippen molar-refractivity contribution >= 4 is 27.7 Å². The van der Waals surface area contributed by atoms with Gasteiger partial charge in [-0.05, 0) is 66.8 Å². The molecule has 0 bridgehead atoms. The van der Waals surface area contributed by atoms with Crippen LogP contribution in [-0.2, 0) is 11.2 Å². The molecule has 26 heavy (non-hydrogen) atoms. The number of fused-ring (bicyclic) bond motifs is 1. The molecule has 0 fully saturated rings. The topological polar surface area (TPSA) is 82.0 Å². The zero-order valence-corrected chi connectivity index (χ0v) is 15.7. The quantitative estimate of drug-likeness (QED) is 0.809. The van der Waals surface area contributed by atoms with Gasteiger partial charge in [-0.25, -0.2) is 0 Å². The minimum atomic E-state index is -0.337. The second-order valence-corrected chi connectivity index (χ2v) is 7.14. The molecule has 0 radical (unpaired) electrons. The summed E-state index contributed by atoms with van der Waals surface area (Å²) in [7, 11) is 0. The SMILES string of the molecule is N#Cc1ccc(C(=O)NCC(=O)NC2CCCc3ccc(Br)cc32)cc1. The number of carbonyl (C=O) groups excluding carboxylic acids is 2. The standard InChI is InChI=1S/C20H18BrN3O2/c21-16-9-8-14-2-1-3-18(17(14)10-16)24-19(25)12-23-20(26)15-6-4-13(11-22)5-7-15/h4-10,18H,1-3,12H2,(H,23,26)(H,24,25). The van der Waals surface area contributed by atoms with Crippen LogP contribution in [0.2, 0.25) is 0 Å². The van der Waals surface area contributed by atoms with E-state index >= 15 is 0 Å². The van der Waals surface area contributed by atoms with Crippen molar-refractivity contribution in [2.24, 2.45) is 0 Å². The fourth-order valence-corrected chi connectivity index (χ4v) is 3.50. The molecule has 6 heteroatoms. The number of nitriles is 1. The number of hydrogen-bond acceptors (Lipinski definition) is 3. The maximum absolute atomic E-state index is 12.3. The molecule has 0 aromatic heterocycles. The molecule has 0 saturated heterocycles. The van der Waals surface area contributed by atoms with E-state index in [-0.39, 0.29) is 24.4 Å². The Morgan fingerprint density at radius 2 is 1.96 bits per heavy atom. The van der Waals surface area contributed by atoms with Crippen LogP contribution in [0.15, 0.2) is 46.9 Å². The highest BCUT2D eigenvalue weighted by Gasteiger charge is 2.22. The first-order valence-electron chi connectivity index (χ1n) is 8.43. The lowest BCUT2D eigenvalue weighted by Crippen LogP contribution is -2.39. The van der Waals surface area contributed by atoms with Crippen LogP contribution in [0, 0.1) is 11.3 Å². The molecule has 2 aromatic carbocycles. The Balaban J connectivity index is 1.57. The molecule has 0 aliphatic heterocycles. The van der Waals surface area contributed by atoms with Gasteiger partial charge in [0, 0.05) is 10.0 Å². The van der Waals surface area contributed by atoms with E-state index in [0.717, 1.165) is 29.3 Å². The molecule has 132 valence electrons. The zero-order chi connectivity index (χ0) is 18.5. The number of nitrogens with one attached hydrogen (secondary N) is 2. The van der Waals surface area contributed by atoms with Crippen molar-refractivity contribution in [1.29, 1.82) is 5.26 Å². The summed E-state index contributed by atoms with van der Waals surface area (Å²) in [5, 5.41) is 14.4. The molecule has 1 aliphatic carbocycles. The van der Waals surface area contributed by atoms with Gasteiger partial charge in [0.05, 0.1) is 24.2 Å². The summed E-state index contributed by atoms with van der Waals surface area (Å²) in [6, 6.07) is 14.4. The summed E-state index contributed by atoms with van der Waals surface area (Å²) in [5.41, 5.74) is 3.30.